The highest BCUT2D eigenvalue weighted by Crippen LogP contribution is 2.39. The topological polar surface area (TPSA) is 89.4 Å². The number of rotatable bonds is 1. The Morgan fingerprint density at radius 2 is 2.21 bits per heavy atom. The minimum absolute atomic E-state index is 0.0125. The van der Waals surface area contributed by atoms with Crippen LogP contribution in [-0.4, -0.2) is 10.0 Å². The molecule has 0 aliphatic rings. The van der Waals surface area contributed by atoms with Crippen LogP contribution in [0.2, 0.25) is 0 Å². The van der Waals surface area contributed by atoms with E-state index in [1.807, 2.05) is 0 Å². The molecule has 14 heavy (non-hydrogen) atoms. The van der Waals surface area contributed by atoms with E-state index in [4.69, 9.17) is 5.73 Å². The summed E-state index contributed by atoms with van der Waals surface area (Å²) in [4.78, 5) is 10.1. The van der Waals surface area contributed by atoms with Crippen LogP contribution in [0.3, 0.4) is 0 Å². The first-order valence-electron chi connectivity index (χ1n) is 3.75. The number of benzene rings is 1. The van der Waals surface area contributed by atoms with E-state index in [-0.39, 0.29) is 11.4 Å². The quantitative estimate of drug-likeness (QED) is 0.557. The second-order valence-electron chi connectivity index (χ2n) is 2.75. The molecule has 0 aliphatic carbocycles. The Bertz CT molecular complexity index is 521. The van der Waals surface area contributed by atoms with Crippen LogP contribution in [0.4, 0.5) is 10.7 Å². The van der Waals surface area contributed by atoms with Gasteiger partial charge in [-0.3, -0.25) is 10.1 Å². The van der Waals surface area contributed by atoms with E-state index >= 15 is 0 Å². The predicted octanol–water partition coefficient (Wildman–Crippen LogP) is 2.10. The van der Waals surface area contributed by atoms with E-state index < -0.39 is 4.92 Å². The number of anilines is 1. The third-order valence-corrected chi connectivity index (χ3v) is 2.84. The third kappa shape index (κ3) is 1.16. The fourth-order valence-corrected chi connectivity index (χ4v) is 2.19. The van der Waals surface area contributed by atoms with E-state index in [0.717, 1.165) is 11.3 Å². The fraction of sp³-hybridized carbons (Fsp3) is 0. The third-order valence-electron chi connectivity index (χ3n) is 1.86. The summed E-state index contributed by atoms with van der Waals surface area (Å²) in [5, 5.41) is 20.9. The summed E-state index contributed by atoms with van der Waals surface area (Å²) in [6.45, 7) is 0. The molecule has 0 atom stereocenters. The highest BCUT2D eigenvalue weighted by Gasteiger charge is 2.16. The van der Waals surface area contributed by atoms with Crippen LogP contribution in [0.15, 0.2) is 18.2 Å². The molecule has 1 aromatic carbocycles. The molecule has 0 radical (unpaired) electrons. The van der Waals surface area contributed by atoms with Gasteiger partial charge in [-0.05, 0) is 12.1 Å². The molecule has 0 bridgehead atoms. The summed E-state index contributed by atoms with van der Waals surface area (Å²) in [6.07, 6.45) is 0. The number of non-ortho nitro benzene ring substituents is 1. The van der Waals surface area contributed by atoms with Gasteiger partial charge in [-0.2, -0.15) is 0 Å². The number of nitrogens with two attached hydrogens (primary N) is 1. The van der Waals surface area contributed by atoms with Crippen LogP contribution in [0.1, 0.15) is 0 Å². The van der Waals surface area contributed by atoms with Gasteiger partial charge < -0.3 is 10.8 Å². The molecule has 2 rings (SSSR count). The van der Waals surface area contributed by atoms with E-state index in [1.165, 1.54) is 18.2 Å². The largest absolute Gasteiger partial charge is 0.507 e. The van der Waals surface area contributed by atoms with Crippen LogP contribution in [0.5, 0.6) is 5.75 Å². The number of nitrogen functional groups attached to an aromatic ring is 1. The Morgan fingerprint density at radius 1 is 1.50 bits per heavy atom. The average molecular weight is 210 g/mol. The second kappa shape index (κ2) is 2.85. The molecule has 72 valence electrons. The molecular formula is C8H6N2O3S. The highest BCUT2D eigenvalue weighted by molar-refractivity contribution is 7.23. The molecule has 0 spiro atoms. The molecule has 0 saturated carbocycles. The zero-order chi connectivity index (χ0) is 10.3. The molecule has 5 nitrogen and oxygen atoms in total. The van der Waals surface area contributed by atoms with Crippen LogP contribution >= 0.6 is 11.3 Å². The van der Waals surface area contributed by atoms with E-state index in [2.05, 4.69) is 0 Å². The van der Waals surface area contributed by atoms with Crippen molar-refractivity contribution >= 4 is 32.1 Å². The lowest BCUT2D eigenvalue weighted by atomic mass is 10.2. The number of hydrogen-bond acceptors (Lipinski definition) is 5. The van der Waals surface area contributed by atoms with Crippen LogP contribution in [0.25, 0.3) is 10.1 Å². The van der Waals surface area contributed by atoms with Crippen molar-refractivity contribution in [2.24, 2.45) is 0 Å². The zero-order valence-electron chi connectivity index (χ0n) is 6.93. The van der Waals surface area contributed by atoms with Crippen LogP contribution in [-0.2, 0) is 0 Å². The van der Waals surface area contributed by atoms with E-state index in [0.29, 0.717) is 15.1 Å². The summed E-state index contributed by atoms with van der Waals surface area (Å²) in [7, 11) is 0. The maximum atomic E-state index is 10.6. The van der Waals surface area contributed by atoms with Crippen molar-refractivity contribution in [2.75, 3.05) is 5.73 Å². The SMILES string of the molecule is Nc1cc2c(O)ccc([N+](=O)[O-])c2s1. The Hall–Kier alpha value is -1.82. The number of nitro benzene ring substituents is 1. The van der Waals surface area contributed by atoms with Gasteiger partial charge in [0.2, 0.25) is 0 Å². The second-order valence-corrected chi connectivity index (χ2v) is 3.84. The van der Waals surface area contributed by atoms with Crippen molar-refractivity contribution in [1.29, 1.82) is 0 Å². The van der Waals surface area contributed by atoms with Crippen LogP contribution in [0, 0.1) is 10.1 Å². The lowest BCUT2D eigenvalue weighted by Gasteiger charge is -1.95. The number of phenolic OH excluding ortho intramolecular Hbond substituents is 1. The number of phenols is 1. The molecule has 0 aliphatic heterocycles. The molecule has 0 saturated heterocycles. The van der Waals surface area contributed by atoms with Crippen molar-refractivity contribution in [2.45, 2.75) is 0 Å². The minimum atomic E-state index is -0.488. The predicted molar refractivity (Wildman–Crippen MR) is 54.6 cm³/mol. The number of nitro groups is 1. The van der Waals surface area contributed by atoms with Gasteiger partial charge in [0.15, 0.2) is 0 Å². The first-order chi connectivity index (χ1) is 6.59. The van der Waals surface area contributed by atoms with Gasteiger partial charge in [0.05, 0.1) is 9.92 Å². The van der Waals surface area contributed by atoms with Gasteiger partial charge in [0.1, 0.15) is 10.4 Å². The Kier molecular flexibility index (Phi) is 1.78. The number of aromatic hydroxyl groups is 1. The maximum absolute atomic E-state index is 10.6. The summed E-state index contributed by atoms with van der Waals surface area (Å²) in [5.41, 5.74) is 5.49. The number of thiophene rings is 1. The van der Waals surface area contributed by atoms with E-state index in [1.54, 1.807) is 0 Å². The van der Waals surface area contributed by atoms with Gasteiger partial charge in [-0.25, -0.2) is 0 Å². The highest BCUT2D eigenvalue weighted by atomic mass is 32.1. The van der Waals surface area contributed by atoms with E-state index in [9.17, 15) is 15.2 Å². The lowest BCUT2D eigenvalue weighted by molar-refractivity contribution is -0.382. The summed E-state index contributed by atoms with van der Waals surface area (Å²) in [6, 6.07) is 4.10. The minimum Gasteiger partial charge on any atom is -0.507 e. The van der Waals surface area contributed by atoms with Gasteiger partial charge in [-0.15, -0.1) is 11.3 Å². The molecule has 1 heterocycles. The zero-order valence-corrected chi connectivity index (χ0v) is 7.75. The first-order valence-corrected chi connectivity index (χ1v) is 4.56. The smallest absolute Gasteiger partial charge is 0.287 e. The number of fused-ring (bicyclic) bond motifs is 1. The Labute approximate surface area is 82.5 Å². The first kappa shape index (κ1) is 8.76. The number of hydrogen-bond donors (Lipinski definition) is 2. The van der Waals surface area contributed by atoms with Gasteiger partial charge >= 0.3 is 0 Å². The molecule has 1 aromatic heterocycles. The molecule has 3 N–H and O–H groups in total. The van der Waals surface area contributed by atoms with Crippen molar-refractivity contribution in [3.8, 4) is 5.75 Å². The maximum Gasteiger partial charge on any atom is 0.287 e. The monoisotopic (exact) mass is 210 g/mol. The van der Waals surface area contributed by atoms with Gasteiger partial charge in [-0.1, -0.05) is 0 Å². The van der Waals surface area contributed by atoms with Gasteiger partial charge in [0, 0.05) is 11.5 Å². The van der Waals surface area contributed by atoms with Crippen molar-refractivity contribution in [1.82, 2.24) is 0 Å². The molecule has 0 amide bonds. The van der Waals surface area contributed by atoms with Crippen molar-refractivity contribution in [3.63, 3.8) is 0 Å². The molecule has 0 unspecified atom stereocenters. The molecule has 0 fully saturated rings. The fourth-order valence-electron chi connectivity index (χ4n) is 1.26. The number of nitrogens with zero attached hydrogens (tertiary/aromatic N) is 1. The Morgan fingerprint density at radius 3 is 2.86 bits per heavy atom. The van der Waals surface area contributed by atoms with Crippen molar-refractivity contribution < 1.29 is 10.0 Å². The molecular weight excluding hydrogens is 204 g/mol. The molecule has 6 heteroatoms. The Balaban J connectivity index is 2.87. The summed E-state index contributed by atoms with van der Waals surface area (Å²) < 4.78 is 0.410. The summed E-state index contributed by atoms with van der Waals surface area (Å²) in [5.74, 6) is 0.0125. The molecule has 2 aromatic rings. The average Bonchev–Trinajstić information content (AvgIpc) is 2.47. The normalized spacial score (nSPS) is 10.6. The standard InChI is InChI=1S/C8H6N2O3S/c9-7-3-4-6(11)2-1-5(10(12)13)8(4)14-7/h1-3,11H,9H2. The lowest BCUT2D eigenvalue weighted by Crippen LogP contribution is -1.86. The summed E-state index contributed by atoms with van der Waals surface area (Å²) >= 11 is 1.10. The van der Waals surface area contributed by atoms with Gasteiger partial charge in [0.25, 0.3) is 5.69 Å². The van der Waals surface area contributed by atoms with Crippen LogP contribution < -0.4 is 5.73 Å². The van der Waals surface area contributed by atoms with Crippen molar-refractivity contribution in [3.05, 3.63) is 28.3 Å².